The van der Waals surface area contributed by atoms with Crippen LogP contribution < -0.4 is 0 Å². The number of aromatic nitrogens is 2. The predicted molar refractivity (Wildman–Crippen MR) is 245 cm³/mol. The molecule has 6 heteroatoms. The highest BCUT2D eigenvalue weighted by Gasteiger charge is 2.34. The van der Waals surface area contributed by atoms with E-state index in [9.17, 15) is 18.4 Å². The van der Waals surface area contributed by atoms with Gasteiger partial charge < -0.3 is 9.13 Å². The lowest BCUT2D eigenvalue weighted by atomic mass is 9.85. The molecule has 0 saturated heterocycles. The van der Waals surface area contributed by atoms with Crippen LogP contribution in [0.15, 0.2) is 109 Å². The Balaban J connectivity index is 1.58. The number of rotatable bonds is 3. The molecular formula is C54H54F3N3. The molecule has 8 rings (SSSR count). The van der Waals surface area contributed by atoms with E-state index >= 15 is 0 Å². The summed E-state index contributed by atoms with van der Waals surface area (Å²) in [6, 6.07) is 37.8. The summed E-state index contributed by atoms with van der Waals surface area (Å²) in [5, 5.41) is 15.6. The number of hydrogen-bond donors (Lipinski definition) is 0. The lowest BCUT2D eigenvalue weighted by Gasteiger charge is -2.21. The number of alkyl halides is 3. The largest absolute Gasteiger partial charge is 0.417 e. The highest BCUT2D eigenvalue weighted by molar-refractivity contribution is 6.12. The zero-order valence-electron chi connectivity index (χ0n) is 36.9. The van der Waals surface area contributed by atoms with Crippen LogP contribution in [0.25, 0.3) is 66.1 Å². The van der Waals surface area contributed by atoms with Crippen molar-refractivity contribution < 1.29 is 13.2 Å². The van der Waals surface area contributed by atoms with E-state index < -0.39 is 11.7 Å². The molecule has 6 aromatic carbocycles. The number of hydrogen-bond acceptors (Lipinski definition) is 1. The number of benzene rings is 6. The van der Waals surface area contributed by atoms with Crippen molar-refractivity contribution in [1.82, 2.24) is 9.13 Å². The minimum atomic E-state index is -4.61. The molecule has 8 aromatic rings. The van der Waals surface area contributed by atoms with Crippen molar-refractivity contribution in [3.8, 4) is 28.6 Å². The number of fused-ring (bicyclic) bond motifs is 6. The lowest BCUT2D eigenvalue weighted by Crippen LogP contribution is -2.11. The molecule has 0 atom stereocenters. The van der Waals surface area contributed by atoms with Gasteiger partial charge in [-0.1, -0.05) is 126 Å². The van der Waals surface area contributed by atoms with Gasteiger partial charge in [-0.3, -0.25) is 0 Å². The second-order valence-corrected chi connectivity index (χ2v) is 20.6. The van der Waals surface area contributed by atoms with Crippen molar-refractivity contribution in [2.24, 2.45) is 0 Å². The quantitative estimate of drug-likeness (QED) is 0.175. The Labute approximate surface area is 352 Å². The first-order valence-electron chi connectivity index (χ1n) is 20.8. The van der Waals surface area contributed by atoms with E-state index in [4.69, 9.17) is 0 Å². The van der Waals surface area contributed by atoms with Crippen molar-refractivity contribution in [2.75, 3.05) is 0 Å². The number of nitrogens with zero attached hydrogens (tertiary/aromatic N) is 3. The monoisotopic (exact) mass is 801 g/mol. The van der Waals surface area contributed by atoms with Crippen LogP contribution in [-0.2, 0) is 27.8 Å². The van der Waals surface area contributed by atoms with Gasteiger partial charge in [-0.15, -0.1) is 0 Å². The summed E-state index contributed by atoms with van der Waals surface area (Å²) >= 11 is 0. The van der Waals surface area contributed by atoms with Gasteiger partial charge in [0.1, 0.15) is 11.6 Å². The first-order valence-corrected chi connectivity index (χ1v) is 20.8. The molecule has 0 spiro atoms. The van der Waals surface area contributed by atoms with Crippen LogP contribution in [0.1, 0.15) is 116 Å². The summed E-state index contributed by atoms with van der Waals surface area (Å²) < 4.78 is 49.0. The van der Waals surface area contributed by atoms with Crippen LogP contribution in [0, 0.1) is 11.3 Å². The van der Waals surface area contributed by atoms with Gasteiger partial charge in [0.25, 0.3) is 0 Å². The molecule has 0 aliphatic rings. The van der Waals surface area contributed by atoms with Crippen molar-refractivity contribution in [3.05, 3.63) is 143 Å². The summed E-state index contributed by atoms with van der Waals surface area (Å²) in [4.78, 5) is 0. The Bertz CT molecular complexity index is 2750. The lowest BCUT2D eigenvalue weighted by molar-refractivity contribution is -0.137. The Morgan fingerprint density at radius 3 is 1.03 bits per heavy atom. The maximum absolute atomic E-state index is 14.9. The predicted octanol–water partition coefficient (Wildman–Crippen LogP) is 15.6. The second kappa shape index (κ2) is 13.6. The highest BCUT2D eigenvalue weighted by Crippen LogP contribution is 2.45. The molecule has 0 aliphatic carbocycles. The van der Waals surface area contributed by atoms with E-state index in [0.29, 0.717) is 22.5 Å². The molecule has 0 N–H and O–H groups in total. The molecule has 306 valence electrons. The first kappa shape index (κ1) is 41.0. The van der Waals surface area contributed by atoms with Gasteiger partial charge >= 0.3 is 6.18 Å². The van der Waals surface area contributed by atoms with Crippen LogP contribution in [0.3, 0.4) is 0 Å². The summed E-state index contributed by atoms with van der Waals surface area (Å²) in [5.74, 6) is 0. The van der Waals surface area contributed by atoms with E-state index in [-0.39, 0.29) is 27.2 Å². The van der Waals surface area contributed by atoms with Crippen LogP contribution >= 0.6 is 0 Å². The van der Waals surface area contributed by atoms with E-state index in [1.165, 1.54) is 34.4 Å². The summed E-state index contributed by atoms with van der Waals surface area (Å²) in [5.41, 5.74) is 8.71. The molecule has 0 saturated carbocycles. The van der Waals surface area contributed by atoms with Gasteiger partial charge in [-0.2, -0.15) is 18.4 Å². The third-order valence-electron chi connectivity index (χ3n) is 12.2. The Morgan fingerprint density at radius 2 is 0.750 bits per heavy atom. The summed E-state index contributed by atoms with van der Waals surface area (Å²) in [7, 11) is 0. The van der Waals surface area contributed by atoms with E-state index in [0.717, 1.165) is 49.7 Å². The summed E-state index contributed by atoms with van der Waals surface area (Å²) in [6.45, 7) is 26.3. The molecule has 0 bridgehead atoms. The van der Waals surface area contributed by atoms with Crippen molar-refractivity contribution in [1.29, 1.82) is 5.26 Å². The molecule has 2 heterocycles. The van der Waals surface area contributed by atoms with Crippen molar-refractivity contribution in [3.63, 3.8) is 0 Å². The Morgan fingerprint density at radius 1 is 0.433 bits per heavy atom. The van der Waals surface area contributed by atoms with E-state index in [2.05, 4.69) is 171 Å². The fourth-order valence-electron chi connectivity index (χ4n) is 8.65. The minimum Gasteiger partial charge on any atom is -0.308 e. The molecular weight excluding hydrogens is 748 g/mol. The van der Waals surface area contributed by atoms with E-state index in [1.54, 1.807) is 18.2 Å². The van der Waals surface area contributed by atoms with Gasteiger partial charge in [-0.25, -0.2) is 0 Å². The molecule has 3 nitrogen and oxygen atoms in total. The minimum absolute atomic E-state index is 0.0496. The molecule has 0 unspecified atom stereocenters. The highest BCUT2D eigenvalue weighted by atomic mass is 19.4. The molecule has 0 aliphatic heterocycles. The van der Waals surface area contributed by atoms with Crippen LogP contribution in [-0.4, -0.2) is 9.13 Å². The topological polar surface area (TPSA) is 33.6 Å². The number of halogens is 3. The average molecular weight is 802 g/mol. The van der Waals surface area contributed by atoms with Gasteiger partial charge in [0.15, 0.2) is 0 Å². The smallest absolute Gasteiger partial charge is 0.308 e. The van der Waals surface area contributed by atoms with Crippen LogP contribution in [0.5, 0.6) is 0 Å². The third kappa shape index (κ3) is 6.86. The van der Waals surface area contributed by atoms with Gasteiger partial charge in [0.2, 0.25) is 0 Å². The zero-order valence-corrected chi connectivity index (χ0v) is 36.9. The number of nitriles is 1. The maximum atomic E-state index is 14.9. The van der Waals surface area contributed by atoms with Gasteiger partial charge in [-0.05, 0) is 122 Å². The first-order chi connectivity index (χ1) is 27.9. The molecule has 2 aromatic heterocycles. The fraction of sp³-hybridized carbons (Fsp3) is 0.315. The second-order valence-electron chi connectivity index (χ2n) is 20.6. The standard InChI is InChI=1S/C54H54F3N3/c1-50(2,3)33-17-21-44-38(27-33)39-28-34(51(4,5)6)18-22-45(39)59(44)48-25-32(37-15-13-14-16-43(37)54(55,56)57)26-49(42(48)31-58)60-46-23-19-35(52(7,8)9)29-40(46)41-30-36(53(10,11)12)20-24-47(41)60/h13-30H,1-12H3. The van der Waals surface area contributed by atoms with Gasteiger partial charge in [0, 0.05) is 21.5 Å². The zero-order chi connectivity index (χ0) is 43.5. The van der Waals surface area contributed by atoms with Crippen LogP contribution in [0.2, 0.25) is 0 Å². The normalized spacial score (nSPS) is 13.2. The van der Waals surface area contributed by atoms with Crippen molar-refractivity contribution in [2.45, 2.75) is 111 Å². The fourth-order valence-corrected chi connectivity index (χ4v) is 8.65. The average Bonchev–Trinajstić information content (AvgIpc) is 3.67. The third-order valence-corrected chi connectivity index (χ3v) is 12.2. The Hall–Kier alpha value is -5.80. The molecule has 60 heavy (non-hydrogen) atoms. The maximum Gasteiger partial charge on any atom is 0.417 e. The van der Waals surface area contributed by atoms with E-state index in [1.807, 2.05) is 0 Å². The molecule has 0 radical (unpaired) electrons. The summed E-state index contributed by atoms with van der Waals surface area (Å²) in [6.07, 6.45) is -4.61. The molecule has 0 amide bonds. The SMILES string of the molecule is CC(C)(C)c1ccc2c(c1)c1cc(C(C)(C)C)ccc1n2-c1cc(-c2ccccc2C(F)(F)F)cc(-n2c3ccc(C(C)(C)C)cc3c3cc(C(C)(C)C)ccc32)c1C#N. The van der Waals surface area contributed by atoms with Crippen LogP contribution in [0.4, 0.5) is 13.2 Å². The Kier molecular flexibility index (Phi) is 9.29. The molecule has 0 fully saturated rings. The van der Waals surface area contributed by atoms with Gasteiger partial charge in [0.05, 0.1) is 39.0 Å². The van der Waals surface area contributed by atoms with Crippen molar-refractivity contribution >= 4 is 43.6 Å².